The van der Waals surface area contributed by atoms with Crippen molar-refractivity contribution in [3.05, 3.63) is 47.5 Å². The molecule has 1 heterocycles. The van der Waals surface area contributed by atoms with Crippen molar-refractivity contribution in [2.24, 2.45) is 0 Å². The van der Waals surface area contributed by atoms with Gasteiger partial charge in [0.2, 0.25) is 0 Å². The van der Waals surface area contributed by atoms with Gasteiger partial charge in [-0.1, -0.05) is 12.1 Å². The maximum Gasteiger partial charge on any atom is 0.416 e. The van der Waals surface area contributed by atoms with Crippen LogP contribution in [-0.2, 0) is 19.1 Å². The lowest BCUT2D eigenvalue weighted by atomic mass is 10.1. The van der Waals surface area contributed by atoms with Crippen molar-refractivity contribution in [3.63, 3.8) is 0 Å². The van der Waals surface area contributed by atoms with Crippen LogP contribution in [0.1, 0.15) is 17.0 Å². The highest BCUT2D eigenvalue weighted by atomic mass is 19.4. The summed E-state index contributed by atoms with van der Waals surface area (Å²) < 4.78 is 38.5. The molecule has 0 aliphatic heterocycles. The number of halogens is 3. The first kappa shape index (κ1) is 15.0. The molecule has 5 nitrogen and oxygen atoms in total. The lowest BCUT2D eigenvalue weighted by molar-refractivity contribution is -0.137. The molecule has 0 bridgehead atoms. The van der Waals surface area contributed by atoms with E-state index in [9.17, 15) is 18.3 Å². The number of hydrogen-bond acceptors (Lipinski definition) is 4. The third-order valence-corrected chi connectivity index (χ3v) is 2.79. The fraction of sp³-hybridized carbons (Fsp3) is 0.308. The molecule has 1 N–H and O–H groups in total. The van der Waals surface area contributed by atoms with E-state index in [1.807, 2.05) is 0 Å². The Morgan fingerprint density at radius 1 is 1.29 bits per heavy atom. The highest BCUT2D eigenvalue weighted by Gasteiger charge is 2.29. The summed E-state index contributed by atoms with van der Waals surface area (Å²) in [5.74, 6) is -0.00303. The quantitative estimate of drug-likeness (QED) is 0.933. The standard InChI is InChI=1S/C13H11F3N4O/c14-13(15,16)10-3-1-9(2-4-10)5-11(21)7-20-8-18-12(6-17)19-20/h1-4,8,11,21H,5,7H2/t11-/m0/s1. The maximum atomic E-state index is 12.4. The summed E-state index contributed by atoms with van der Waals surface area (Å²) in [7, 11) is 0. The van der Waals surface area contributed by atoms with Gasteiger partial charge in [-0.3, -0.25) is 0 Å². The Kier molecular flexibility index (Phi) is 4.23. The van der Waals surface area contributed by atoms with Gasteiger partial charge in [0.25, 0.3) is 5.82 Å². The van der Waals surface area contributed by atoms with Gasteiger partial charge >= 0.3 is 6.18 Å². The van der Waals surface area contributed by atoms with Gasteiger partial charge in [0, 0.05) is 6.42 Å². The van der Waals surface area contributed by atoms with E-state index >= 15 is 0 Å². The molecular formula is C13H11F3N4O. The highest BCUT2D eigenvalue weighted by molar-refractivity contribution is 5.25. The van der Waals surface area contributed by atoms with Crippen molar-refractivity contribution >= 4 is 0 Å². The Labute approximate surface area is 118 Å². The van der Waals surface area contributed by atoms with Crippen LogP contribution in [0.15, 0.2) is 30.6 Å². The first-order valence-electron chi connectivity index (χ1n) is 6.02. The second kappa shape index (κ2) is 5.93. The third kappa shape index (κ3) is 4.03. The molecule has 2 aromatic rings. The normalized spacial score (nSPS) is 12.9. The van der Waals surface area contributed by atoms with E-state index in [0.717, 1.165) is 12.1 Å². The van der Waals surface area contributed by atoms with E-state index < -0.39 is 17.8 Å². The number of aliphatic hydroxyl groups is 1. The summed E-state index contributed by atoms with van der Waals surface area (Å²) in [5.41, 5.74) is -0.146. The third-order valence-electron chi connectivity index (χ3n) is 2.79. The molecule has 0 aliphatic carbocycles. The van der Waals surface area contributed by atoms with E-state index in [0.29, 0.717) is 5.56 Å². The fourth-order valence-corrected chi connectivity index (χ4v) is 1.82. The van der Waals surface area contributed by atoms with Crippen molar-refractivity contribution in [3.8, 4) is 6.07 Å². The average molecular weight is 296 g/mol. The lowest BCUT2D eigenvalue weighted by Gasteiger charge is -2.11. The number of hydrogen-bond donors (Lipinski definition) is 1. The first-order chi connectivity index (χ1) is 9.88. The molecule has 1 atom stereocenters. The molecule has 0 spiro atoms. The van der Waals surface area contributed by atoms with Crippen LogP contribution < -0.4 is 0 Å². The summed E-state index contributed by atoms with van der Waals surface area (Å²) in [6.07, 6.45) is -3.71. The van der Waals surface area contributed by atoms with Crippen LogP contribution >= 0.6 is 0 Å². The minimum absolute atomic E-state index is 0.00303. The molecule has 110 valence electrons. The van der Waals surface area contributed by atoms with Gasteiger partial charge in [0.15, 0.2) is 0 Å². The number of nitriles is 1. The molecule has 8 heteroatoms. The highest BCUT2D eigenvalue weighted by Crippen LogP contribution is 2.29. The first-order valence-corrected chi connectivity index (χ1v) is 6.02. The van der Waals surface area contributed by atoms with Gasteiger partial charge in [0.1, 0.15) is 12.4 Å². The largest absolute Gasteiger partial charge is 0.416 e. The predicted octanol–water partition coefficient (Wildman–Crippen LogP) is 1.77. The van der Waals surface area contributed by atoms with Crippen LogP contribution in [-0.4, -0.2) is 26.0 Å². The molecule has 0 aliphatic rings. The maximum absolute atomic E-state index is 12.4. The van der Waals surface area contributed by atoms with Crippen molar-refractivity contribution in [1.82, 2.24) is 14.8 Å². The molecule has 0 amide bonds. The Morgan fingerprint density at radius 3 is 2.48 bits per heavy atom. The zero-order valence-electron chi connectivity index (χ0n) is 10.7. The summed E-state index contributed by atoms with van der Waals surface area (Å²) >= 11 is 0. The van der Waals surface area contributed by atoms with Gasteiger partial charge in [-0.15, -0.1) is 5.10 Å². The van der Waals surface area contributed by atoms with E-state index in [4.69, 9.17) is 5.26 Å². The predicted molar refractivity (Wildman–Crippen MR) is 65.9 cm³/mol. The second-order valence-corrected chi connectivity index (χ2v) is 4.45. The minimum atomic E-state index is -4.37. The minimum Gasteiger partial charge on any atom is -0.391 e. The van der Waals surface area contributed by atoms with Crippen LogP contribution in [0, 0.1) is 11.3 Å². The smallest absolute Gasteiger partial charge is 0.391 e. The zero-order valence-corrected chi connectivity index (χ0v) is 10.7. The molecule has 21 heavy (non-hydrogen) atoms. The SMILES string of the molecule is N#Cc1ncn(C[C@@H](O)Cc2ccc(C(F)(F)F)cc2)n1. The van der Waals surface area contributed by atoms with Crippen LogP contribution in [0.25, 0.3) is 0 Å². The van der Waals surface area contributed by atoms with Crippen LogP contribution in [0.5, 0.6) is 0 Å². The Balaban J connectivity index is 1.96. The van der Waals surface area contributed by atoms with Crippen molar-refractivity contribution in [2.75, 3.05) is 0 Å². The van der Waals surface area contributed by atoms with E-state index in [2.05, 4.69) is 10.1 Å². The van der Waals surface area contributed by atoms with Crippen LogP contribution in [0.3, 0.4) is 0 Å². The summed E-state index contributed by atoms with van der Waals surface area (Å²) in [6.45, 7) is 0.107. The molecular weight excluding hydrogens is 285 g/mol. The second-order valence-electron chi connectivity index (χ2n) is 4.45. The molecule has 0 radical (unpaired) electrons. The number of rotatable bonds is 4. The van der Waals surface area contributed by atoms with Gasteiger partial charge in [0.05, 0.1) is 18.2 Å². The molecule has 1 aromatic heterocycles. The van der Waals surface area contributed by atoms with Crippen LogP contribution in [0.4, 0.5) is 13.2 Å². The Hall–Kier alpha value is -2.40. The topological polar surface area (TPSA) is 74.7 Å². The van der Waals surface area contributed by atoms with Gasteiger partial charge < -0.3 is 5.11 Å². The number of nitrogens with zero attached hydrogens (tertiary/aromatic N) is 4. The molecule has 0 saturated heterocycles. The number of aromatic nitrogens is 3. The Morgan fingerprint density at radius 2 is 1.95 bits per heavy atom. The number of aliphatic hydroxyl groups excluding tert-OH is 1. The van der Waals surface area contributed by atoms with Gasteiger partial charge in [-0.25, -0.2) is 9.67 Å². The number of alkyl halides is 3. The summed E-state index contributed by atoms with van der Waals surface area (Å²) in [4.78, 5) is 3.69. The molecule has 2 rings (SSSR count). The fourth-order valence-electron chi connectivity index (χ4n) is 1.82. The van der Waals surface area contributed by atoms with E-state index in [1.165, 1.54) is 23.1 Å². The van der Waals surface area contributed by atoms with Crippen LogP contribution in [0.2, 0.25) is 0 Å². The molecule has 1 aromatic carbocycles. The summed E-state index contributed by atoms with van der Waals surface area (Å²) in [5, 5.41) is 22.2. The lowest BCUT2D eigenvalue weighted by Crippen LogP contribution is -2.19. The van der Waals surface area contributed by atoms with Crippen molar-refractivity contribution < 1.29 is 18.3 Å². The Bertz CT molecular complexity index is 643. The molecule has 0 unspecified atom stereocenters. The summed E-state index contributed by atoms with van der Waals surface area (Å²) in [6, 6.07) is 6.37. The van der Waals surface area contributed by atoms with E-state index in [-0.39, 0.29) is 18.8 Å². The number of benzene rings is 1. The average Bonchev–Trinajstić information content (AvgIpc) is 2.85. The molecule has 0 fully saturated rings. The van der Waals surface area contributed by atoms with Crippen molar-refractivity contribution in [1.29, 1.82) is 5.26 Å². The van der Waals surface area contributed by atoms with Gasteiger partial charge in [-0.05, 0) is 17.7 Å². The van der Waals surface area contributed by atoms with Gasteiger partial charge in [-0.2, -0.15) is 18.4 Å². The molecule has 0 saturated carbocycles. The zero-order chi connectivity index (χ0) is 15.5. The monoisotopic (exact) mass is 296 g/mol. The van der Waals surface area contributed by atoms with E-state index in [1.54, 1.807) is 6.07 Å². The van der Waals surface area contributed by atoms with Crippen molar-refractivity contribution in [2.45, 2.75) is 25.2 Å².